The van der Waals surface area contributed by atoms with Crippen LogP contribution in [-0.2, 0) is 27.9 Å². The molecule has 4 heterocycles. The molecule has 40 heavy (non-hydrogen) atoms. The lowest BCUT2D eigenvalue weighted by Crippen LogP contribution is -2.50. The number of hydrogen-bond donors (Lipinski definition) is 0. The third-order valence-corrected chi connectivity index (χ3v) is 9.55. The van der Waals surface area contributed by atoms with Crippen LogP contribution in [0.15, 0.2) is 36.4 Å². The standard InChI is InChI=1S/C34H44N4O2/c1-22-11-12-25(34(6)20-40-21-34)17-28(22)37-15-13-27-26(18-37)32(38-16-14-29(39-7)33(4,5)19-38)36-31(35-27)30-23(2)9-8-10-24(30)3/h8-12,17,29H,13-16,18-21H2,1-7H3/t29-/m1/s1. The van der Waals surface area contributed by atoms with Crippen molar-refractivity contribution in [1.82, 2.24) is 9.97 Å². The van der Waals surface area contributed by atoms with Gasteiger partial charge in [-0.3, -0.25) is 0 Å². The molecule has 6 heteroatoms. The molecule has 3 aliphatic rings. The van der Waals surface area contributed by atoms with Crippen LogP contribution in [0.25, 0.3) is 11.4 Å². The number of piperidine rings is 1. The number of ether oxygens (including phenoxy) is 2. The molecule has 0 unspecified atom stereocenters. The number of fused-ring (bicyclic) bond motifs is 1. The molecule has 1 aromatic heterocycles. The minimum absolute atomic E-state index is 0.0309. The van der Waals surface area contributed by atoms with Gasteiger partial charge >= 0.3 is 0 Å². The van der Waals surface area contributed by atoms with E-state index in [-0.39, 0.29) is 16.9 Å². The van der Waals surface area contributed by atoms with Crippen LogP contribution < -0.4 is 9.80 Å². The minimum Gasteiger partial charge on any atom is -0.381 e. The number of anilines is 2. The third kappa shape index (κ3) is 4.69. The molecule has 6 nitrogen and oxygen atoms in total. The van der Waals surface area contributed by atoms with Crippen molar-refractivity contribution in [2.45, 2.75) is 72.4 Å². The molecule has 0 spiro atoms. The largest absolute Gasteiger partial charge is 0.381 e. The first-order valence-corrected chi connectivity index (χ1v) is 14.8. The van der Waals surface area contributed by atoms with Crippen LogP contribution >= 0.6 is 0 Å². The van der Waals surface area contributed by atoms with Gasteiger partial charge in [-0.15, -0.1) is 0 Å². The van der Waals surface area contributed by atoms with Crippen LogP contribution in [0.3, 0.4) is 0 Å². The highest BCUT2D eigenvalue weighted by atomic mass is 16.5. The van der Waals surface area contributed by atoms with Gasteiger partial charge < -0.3 is 19.3 Å². The Morgan fingerprint density at radius 2 is 1.68 bits per heavy atom. The van der Waals surface area contributed by atoms with Crippen LogP contribution in [0.2, 0.25) is 0 Å². The average Bonchev–Trinajstić information content (AvgIpc) is 2.90. The zero-order chi connectivity index (χ0) is 28.2. The van der Waals surface area contributed by atoms with Crippen molar-refractivity contribution in [2.24, 2.45) is 5.41 Å². The van der Waals surface area contributed by atoms with Crippen LogP contribution in [0.1, 0.15) is 60.7 Å². The minimum atomic E-state index is 0.0309. The van der Waals surface area contributed by atoms with Gasteiger partial charge in [-0.2, -0.15) is 0 Å². The molecule has 0 bridgehead atoms. The fraction of sp³-hybridized carbons (Fsp3) is 0.529. The Hall–Kier alpha value is -2.96. The summed E-state index contributed by atoms with van der Waals surface area (Å²) in [7, 11) is 1.85. The lowest BCUT2D eigenvalue weighted by molar-refractivity contribution is -0.0499. The molecule has 2 aromatic carbocycles. The van der Waals surface area contributed by atoms with Gasteiger partial charge in [-0.05, 0) is 55.5 Å². The van der Waals surface area contributed by atoms with Crippen molar-refractivity contribution in [1.29, 1.82) is 0 Å². The molecule has 0 radical (unpaired) electrons. The predicted octanol–water partition coefficient (Wildman–Crippen LogP) is 6.17. The second kappa shape index (κ2) is 10.1. The van der Waals surface area contributed by atoms with Crippen molar-refractivity contribution in [3.63, 3.8) is 0 Å². The number of benzene rings is 2. The maximum Gasteiger partial charge on any atom is 0.162 e. The molecule has 2 fully saturated rings. The number of nitrogens with zero attached hydrogens (tertiary/aromatic N) is 4. The van der Waals surface area contributed by atoms with Crippen LogP contribution in [0, 0.1) is 26.2 Å². The molecular weight excluding hydrogens is 496 g/mol. The molecule has 3 aliphatic heterocycles. The Kier molecular flexibility index (Phi) is 6.90. The lowest BCUT2D eigenvalue weighted by atomic mass is 9.80. The maximum absolute atomic E-state index is 5.89. The van der Waals surface area contributed by atoms with Crippen LogP contribution in [-0.4, -0.2) is 56.0 Å². The van der Waals surface area contributed by atoms with Gasteiger partial charge in [0, 0.05) is 67.4 Å². The van der Waals surface area contributed by atoms with E-state index in [1.54, 1.807) is 0 Å². The Morgan fingerprint density at radius 3 is 2.33 bits per heavy atom. The molecule has 1 atom stereocenters. The fourth-order valence-corrected chi connectivity index (χ4v) is 7.00. The summed E-state index contributed by atoms with van der Waals surface area (Å²) in [6, 6.07) is 13.4. The summed E-state index contributed by atoms with van der Waals surface area (Å²) in [4.78, 5) is 15.7. The first-order chi connectivity index (χ1) is 19.1. The van der Waals surface area contributed by atoms with E-state index >= 15 is 0 Å². The van der Waals surface area contributed by atoms with Gasteiger partial charge in [-0.25, -0.2) is 9.97 Å². The van der Waals surface area contributed by atoms with Gasteiger partial charge in [0.25, 0.3) is 0 Å². The number of aromatic nitrogens is 2. The van der Waals surface area contributed by atoms with E-state index in [0.717, 1.165) is 63.9 Å². The molecule has 0 N–H and O–H groups in total. The Bertz CT molecular complexity index is 1410. The smallest absolute Gasteiger partial charge is 0.162 e. The van der Waals surface area contributed by atoms with E-state index in [4.69, 9.17) is 19.4 Å². The highest BCUT2D eigenvalue weighted by Gasteiger charge is 2.39. The van der Waals surface area contributed by atoms with Gasteiger partial charge in [0.2, 0.25) is 0 Å². The number of hydrogen-bond acceptors (Lipinski definition) is 6. The Morgan fingerprint density at radius 1 is 0.925 bits per heavy atom. The third-order valence-electron chi connectivity index (χ3n) is 9.55. The molecule has 0 aliphatic carbocycles. The average molecular weight is 541 g/mol. The van der Waals surface area contributed by atoms with Crippen LogP contribution in [0.4, 0.5) is 11.5 Å². The molecule has 0 amide bonds. The monoisotopic (exact) mass is 540 g/mol. The second-order valence-electron chi connectivity index (χ2n) is 13.2. The van der Waals surface area contributed by atoms with Crippen LogP contribution in [0.5, 0.6) is 0 Å². The van der Waals surface area contributed by atoms with Gasteiger partial charge in [0.05, 0.1) is 25.0 Å². The van der Waals surface area contributed by atoms with E-state index < -0.39 is 0 Å². The predicted molar refractivity (Wildman–Crippen MR) is 162 cm³/mol. The number of aryl methyl sites for hydroxylation is 3. The van der Waals surface area contributed by atoms with Crippen molar-refractivity contribution in [3.05, 3.63) is 69.9 Å². The van der Waals surface area contributed by atoms with Crippen molar-refractivity contribution >= 4 is 11.5 Å². The Balaban J connectivity index is 1.43. The topological polar surface area (TPSA) is 50.7 Å². The number of methoxy groups -OCH3 is 1. The van der Waals surface area contributed by atoms with Crippen molar-refractivity contribution in [3.8, 4) is 11.4 Å². The SMILES string of the molecule is CO[C@@H]1CCN(c2nc(-c3c(C)cccc3C)nc3c2CN(c2cc(C4(C)COC4)ccc2C)CC3)CC1(C)C. The maximum atomic E-state index is 5.89. The molecule has 3 aromatic rings. The zero-order valence-corrected chi connectivity index (χ0v) is 25.3. The molecule has 212 valence electrons. The van der Waals surface area contributed by atoms with E-state index in [0.29, 0.717) is 0 Å². The highest BCUT2D eigenvalue weighted by Crippen LogP contribution is 2.40. The molecule has 2 saturated heterocycles. The second-order valence-corrected chi connectivity index (χ2v) is 13.2. The summed E-state index contributed by atoms with van der Waals surface area (Å²) in [6.45, 7) is 18.7. The van der Waals surface area contributed by atoms with E-state index in [1.807, 2.05) is 7.11 Å². The first kappa shape index (κ1) is 27.2. The van der Waals surface area contributed by atoms with E-state index in [9.17, 15) is 0 Å². The summed E-state index contributed by atoms with van der Waals surface area (Å²) in [5.74, 6) is 1.96. The van der Waals surface area contributed by atoms with Crippen molar-refractivity contribution < 1.29 is 9.47 Å². The lowest BCUT2D eigenvalue weighted by Gasteiger charge is -2.45. The highest BCUT2D eigenvalue weighted by molar-refractivity contribution is 5.68. The molecular formula is C34H44N4O2. The summed E-state index contributed by atoms with van der Waals surface area (Å²) in [6.07, 6.45) is 2.15. The summed E-state index contributed by atoms with van der Waals surface area (Å²) < 4.78 is 11.5. The Labute approximate surface area is 239 Å². The van der Waals surface area contributed by atoms with Gasteiger partial charge in [0.15, 0.2) is 5.82 Å². The van der Waals surface area contributed by atoms with E-state index in [2.05, 4.69) is 87.7 Å². The first-order valence-electron chi connectivity index (χ1n) is 14.8. The van der Waals surface area contributed by atoms with Crippen molar-refractivity contribution in [2.75, 3.05) is 49.8 Å². The molecule has 6 rings (SSSR count). The normalized spacial score (nSPS) is 21.6. The summed E-state index contributed by atoms with van der Waals surface area (Å²) >= 11 is 0. The quantitative estimate of drug-likeness (QED) is 0.386. The van der Waals surface area contributed by atoms with Gasteiger partial charge in [0.1, 0.15) is 5.82 Å². The zero-order valence-electron chi connectivity index (χ0n) is 25.3. The summed E-state index contributed by atoms with van der Waals surface area (Å²) in [5.41, 5.74) is 10.2. The summed E-state index contributed by atoms with van der Waals surface area (Å²) in [5, 5.41) is 0. The molecule has 0 saturated carbocycles. The van der Waals surface area contributed by atoms with Gasteiger partial charge in [-0.1, -0.05) is 51.1 Å². The fourth-order valence-electron chi connectivity index (χ4n) is 7.00. The van der Waals surface area contributed by atoms with E-state index in [1.165, 1.54) is 44.8 Å². The number of rotatable bonds is 5.